The molecule has 4 heteroatoms. The molecule has 2 N–H and O–H groups in total. The average molecular weight is 377 g/mol. The molecule has 1 aliphatic heterocycles. The maximum atomic E-state index is 12.8. The van der Waals surface area contributed by atoms with Crippen LogP contribution in [0, 0.1) is 5.92 Å². The van der Waals surface area contributed by atoms with Crippen LogP contribution in [0.15, 0.2) is 72.1 Å². The lowest BCUT2D eigenvalue weighted by molar-refractivity contribution is -0.126. The lowest BCUT2D eigenvalue weighted by Crippen LogP contribution is -2.41. The van der Waals surface area contributed by atoms with Crippen LogP contribution in [-0.2, 0) is 4.79 Å². The molecule has 0 saturated carbocycles. The molecule has 0 aliphatic carbocycles. The van der Waals surface area contributed by atoms with Crippen molar-refractivity contribution < 1.29 is 4.79 Å². The highest BCUT2D eigenvalue weighted by molar-refractivity contribution is 7.10. The van der Waals surface area contributed by atoms with Crippen molar-refractivity contribution >= 4 is 17.2 Å². The van der Waals surface area contributed by atoms with E-state index in [0.29, 0.717) is 0 Å². The molecule has 1 fully saturated rings. The predicted octanol–water partition coefficient (Wildman–Crippen LogP) is 4.62. The third-order valence-electron chi connectivity index (χ3n) is 5.13. The first kappa shape index (κ1) is 18.0. The van der Waals surface area contributed by atoms with Crippen LogP contribution in [0.3, 0.4) is 0 Å². The van der Waals surface area contributed by atoms with Crippen LogP contribution in [0.25, 0.3) is 11.1 Å². The minimum absolute atomic E-state index is 0.0600. The summed E-state index contributed by atoms with van der Waals surface area (Å²) in [4.78, 5) is 14.0. The van der Waals surface area contributed by atoms with E-state index in [9.17, 15) is 4.79 Å². The summed E-state index contributed by atoms with van der Waals surface area (Å²) in [5.74, 6) is 0.206. The van der Waals surface area contributed by atoms with Crippen molar-refractivity contribution in [1.82, 2.24) is 10.6 Å². The molecular formula is C23H24N2OS. The average Bonchev–Trinajstić information content (AvgIpc) is 3.28. The van der Waals surface area contributed by atoms with Crippen LogP contribution < -0.4 is 10.6 Å². The third kappa shape index (κ3) is 4.29. The number of amides is 1. The summed E-state index contributed by atoms with van der Waals surface area (Å²) in [5, 5.41) is 8.69. The second-order valence-electron chi connectivity index (χ2n) is 6.99. The fourth-order valence-corrected chi connectivity index (χ4v) is 4.41. The first-order chi connectivity index (χ1) is 13.3. The van der Waals surface area contributed by atoms with Crippen molar-refractivity contribution in [3.05, 3.63) is 82.6 Å². The summed E-state index contributed by atoms with van der Waals surface area (Å²) in [6, 6.07) is 22.9. The van der Waals surface area contributed by atoms with Gasteiger partial charge in [0.15, 0.2) is 0 Å². The van der Waals surface area contributed by atoms with E-state index in [0.717, 1.165) is 31.5 Å². The number of rotatable bonds is 5. The molecule has 0 radical (unpaired) electrons. The van der Waals surface area contributed by atoms with Crippen molar-refractivity contribution in [3.8, 4) is 11.1 Å². The molecule has 3 nitrogen and oxygen atoms in total. The van der Waals surface area contributed by atoms with Gasteiger partial charge in [-0.05, 0) is 47.5 Å². The van der Waals surface area contributed by atoms with Gasteiger partial charge in [-0.15, -0.1) is 11.3 Å². The molecule has 3 aromatic rings. The summed E-state index contributed by atoms with van der Waals surface area (Å²) in [5.41, 5.74) is 3.51. The number of piperidine rings is 1. The summed E-state index contributed by atoms with van der Waals surface area (Å²) < 4.78 is 0. The normalized spacial score (nSPS) is 18.0. The summed E-state index contributed by atoms with van der Waals surface area (Å²) in [7, 11) is 0. The van der Waals surface area contributed by atoms with Crippen LogP contribution in [-0.4, -0.2) is 19.0 Å². The van der Waals surface area contributed by atoms with E-state index in [1.807, 2.05) is 12.1 Å². The zero-order chi connectivity index (χ0) is 18.5. The quantitative estimate of drug-likeness (QED) is 0.682. The number of carbonyl (C=O) groups excluding carboxylic acids is 1. The van der Waals surface area contributed by atoms with Crippen LogP contribution in [0.5, 0.6) is 0 Å². The van der Waals surface area contributed by atoms with Gasteiger partial charge in [0.05, 0.1) is 12.0 Å². The van der Waals surface area contributed by atoms with E-state index < -0.39 is 0 Å². The van der Waals surface area contributed by atoms with Gasteiger partial charge in [-0.2, -0.15) is 0 Å². The summed E-state index contributed by atoms with van der Waals surface area (Å²) in [6.45, 7) is 1.79. The Balaban J connectivity index is 1.56. The monoisotopic (exact) mass is 376 g/mol. The van der Waals surface area contributed by atoms with Gasteiger partial charge >= 0.3 is 0 Å². The van der Waals surface area contributed by atoms with Crippen molar-refractivity contribution in [2.45, 2.75) is 18.9 Å². The zero-order valence-corrected chi connectivity index (χ0v) is 16.0. The molecule has 27 heavy (non-hydrogen) atoms. The van der Waals surface area contributed by atoms with E-state index >= 15 is 0 Å². The Morgan fingerprint density at radius 1 is 1.00 bits per heavy atom. The predicted molar refractivity (Wildman–Crippen MR) is 112 cm³/mol. The fraction of sp³-hybridized carbons (Fsp3) is 0.261. The maximum absolute atomic E-state index is 12.8. The van der Waals surface area contributed by atoms with E-state index in [-0.39, 0.29) is 17.9 Å². The Morgan fingerprint density at radius 3 is 2.44 bits per heavy atom. The first-order valence-corrected chi connectivity index (χ1v) is 10.4. The van der Waals surface area contributed by atoms with Gasteiger partial charge < -0.3 is 10.6 Å². The molecule has 2 heterocycles. The molecule has 1 aromatic heterocycles. The summed E-state index contributed by atoms with van der Waals surface area (Å²) in [6.07, 6.45) is 2.02. The van der Waals surface area contributed by atoms with Gasteiger partial charge in [0, 0.05) is 11.4 Å². The number of hydrogen-bond donors (Lipinski definition) is 2. The molecule has 2 aromatic carbocycles. The molecule has 138 valence electrons. The van der Waals surface area contributed by atoms with Gasteiger partial charge in [-0.25, -0.2) is 0 Å². The van der Waals surface area contributed by atoms with Crippen molar-refractivity contribution in [2.24, 2.45) is 5.92 Å². The number of thiophene rings is 1. The Morgan fingerprint density at radius 2 is 1.78 bits per heavy atom. The highest BCUT2D eigenvalue weighted by Crippen LogP contribution is 2.29. The maximum Gasteiger partial charge on any atom is 0.225 e. The molecular weight excluding hydrogens is 352 g/mol. The highest BCUT2D eigenvalue weighted by atomic mass is 32.1. The lowest BCUT2D eigenvalue weighted by Gasteiger charge is -2.25. The van der Waals surface area contributed by atoms with Gasteiger partial charge in [-0.1, -0.05) is 60.7 Å². The smallest absolute Gasteiger partial charge is 0.225 e. The van der Waals surface area contributed by atoms with Crippen LogP contribution >= 0.6 is 11.3 Å². The van der Waals surface area contributed by atoms with E-state index in [2.05, 4.69) is 70.6 Å². The van der Waals surface area contributed by atoms with Crippen LogP contribution in [0.4, 0.5) is 0 Å². The topological polar surface area (TPSA) is 41.1 Å². The number of carbonyl (C=O) groups is 1. The largest absolute Gasteiger partial charge is 0.344 e. The molecule has 1 aliphatic rings. The summed E-state index contributed by atoms with van der Waals surface area (Å²) >= 11 is 1.68. The molecule has 1 amide bonds. The second-order valence-corrected chi connectivity index (χ2v) is 7.97. The van der Waals surface area contributed by atoms with Crippen LogP contribution in [0.2, 0.25) is 0 Å². The molecule has 0 spiro atoms. The fourth-order valence-electron chi connectivity index (χ4n) is 3.61. The van der Waals surface area contributed by atoms with E-state index in [1.54, 1.807) is 11.3 Å². The minimum Gasteiger partial charge on any atom is -0.344 e. The molecule has 0 bridgehead atoms. The Kier molecular flexibility index (Phi) is 5.66. The zero-order valence-electron chi connectivity index (χ0n) is 15.2. The van der Waals surface area contributed by atoms with Crippen LogP contribution in [0.1, 0.15) is 29.3 Å². The highest BCUT2D eigenvalue weighted by Gasteiger charge is 2.25. The van der Waals surface area contributed by atoms with Gasteiger partial charge in [0.1, 0.15) is 0 Å². The van der Waals surface area contributed by atoms with Gasteiger partial charge in [0.2, 0.25) is 5.91 Å². The van der Waals surface area contributed by atoms with Crippen molar-refractivity contribution in [3.63, 3.8) is 0 Å². The Labute approximate surface area is 164 Å². The van der Waals surface area contributed by atoms with Gasteiger partial charge in [0.25, 0.3) is 0 Å². The molecule has 1 saturated heterocycles. The molecule has 2 atom stereocenters. The van der Waals surface area contributed by atoms with Crippen molar-refractivity contribution in [1.29, 1.82) is 0 Å². The molecule has 4 rings (SSSR count). The third-order valence-corrected chi connectivity index (χ3v) is 6.07. The Hall–Kier alpha value is -2.43. The van der Waals surface area contributed by atoms with E-state index in [1.165, 1.54) is 16.0 Å². The molecule has 0 unspecified atom stereocenters. The number of nitrogens with one attached hydrogen (secondary N) is 2. The Bertz CT molecular complexity index is 853. The standard InChI is InChI=1S/C23H24N2OS/c26-23(20-8-4-14-24-16-20)25-22(21-9-5-15-27-21)19-12-10-18(11-13-19)17-6-2-1-3-7-17/h1-3,5-7,9-13,15,20,22,24H,4,8,14,16H2,(H,25,26)/t20-,22+/m0/s1. The number of hydrogen-bond acceptors (Lipinski definition) is 3. The van der Waals surface area contributed by atoms with E-state index in [4.69, 9.17) is 0 Å². The lowest BCUT2D eigenvalue weighted by atomic mass is 9.96. The first-order valence-electron chi connectivity index (χ1n) is 9.51. The number of benzene rings is 2. The second kappa shape index (κ2) is 8.51. The SMILES string of the molecule is O=C(N[C@H](c1ccc(-c2ccccc2)cc1)c1cccs1)[C@H]1CCCNC1. The van der Waals surface area contributed by atoms with Gasteiger partial charge in [-0.3, -0.25) is 4.79 Å². The minimum atomic E-state index is -0.0933. The van der Waals surface area contributed by atoms with Crippen molar-refractivity contribution in [2.75, 3.05) is 13.1 Å².